The van der Waals surface area contributed by atoms with Crippen LogP contribution in [0.15, 0.2) is 48.5 Å². The molecule has 0 unspecified atom stereocenters. The SMILES string of the molecule is C1COCCO1.c1ccc2c(c1)Cc1ccccc1-2. The molecule has 1 aliphatic carbocycles. The van der Waals surface area contributed by atoms with E-state index in [4.69, 9.17) is 9.47 Å². The van der Waals surface area contributed by atoms with Crippen LogP contribution < -0.4 is 0 Å². The van der Waals surface area contributed by atoms with Crippen molar-refractivity contribution in [1.82, 2.24) is 0 Å². The molecule has 4 rings (SSSR count). The Morgan fingerprint density at radius 3 is 1.42 bits per heavy atom. The second-order valence-electron chi connectivity index (χ2n) is 4.72. The average Bonchev–Trinajstić information content (AvgIpc) is 2.88. The van der Waals surface area contributed by atoms with E-state index in [2.05, 4.69) is 48.5 Å². The number of ether oxygens (including phenoxy) is 2. The van der Waals surface area contributed by atoms with E-state index in [1.165, 1.54) is 22.3 Å². The van der Waals surface area contributed by atoms with E-state index in [-0.39, 0.29) is 0 Å². The van der Waals surface area contributed by atoms with Crippen molar-refractivity contribution in [1.29, 1.82) is 0 Å². The van der Waals surface area contributed by atoms with E-state index in [1.54, 1.807) is 0 Å². The molecule has 19 heavy (non-hydrogen) atoms. The third-order valence-electron chi connectivity index (χ3n) is 3.45. The minimum Gasteiger partial charge on any atom is -0.377 e. The van der Waals surface area contributed by atoms with Crippen LogP contribution in [0.4, 0.5) is 0 Å². The lowest BCUT2D eigenvalue weighted by Crippen LogP contribution is -2.16. The third-order valence-corrected chi connectivity index (χ3v) is 3.45. The summed E-state index contributed by atoms with van der Waals surface area (Å²) in [6, 6.07) is 17.3. The van der Waals surface area contributed by atoms with Crippen molar-refractivity contribution in [2.24, 2.45) is 0 Å². The first-order chi connectivity index (χ1) is 9.45. The van der Waals surface area contributed by atoms with Crippen molar-refractivity contribution < 1.29 is 9.47 Å². The van der Waals surface area contributed by atoms with Crippen LogP contribution in [0.2, 0.25) is 0 Å². The van der Waals surface area contributed by atoms with Crippen molar-refractivity contribution in [3.8, 4) is 11.1 Å². The smallest absolute Gasteiger partial charge is 0.0701 e. The van der Waals surface area contributed by atoms with E-state index in [9.17, 15) is 0 Å². The van der Waals surface area contributed by atoms with Gasteiger partial charge in [0.1, 0.15) is 0 Å². The summed E-state index contributed by atoms with van der Waals surface area (Å²) in [5.74, 6) is 0. The molecule has 2 aliphatic rings. The zero-order chi connectivity index (χ0) is 12.9. The van der Waals surface area contributed by atoms with Crippen LogP contribution in [0.5, 0.6) is 0 Å². The topological polar surface area (TPSA) is 18.5 Å². The Labute approximate surface area is 114 Å². The second kappa shape index (κ2) is 6.00. The predicted octanol–water partition coefficient (Wildman–Crippen LogP) is 3.29. The Morgan fingerprint density at radius 1 is 0.579 bits per heavy atom. The van der Waals surface area contributed by atoms with Gasteiger partial charge in [-0.1, -0.05) is 48.5 Å². The van der Waals surface area contributed by atoms with Crippen LogP contribution in [0.3, 0.4) is 0 Å². The van der Waals surface area contributed by atoms with Gasteiger partial charge in [-0.25, -0.2) is 0 Å². The van der Waals surface area contributed by atoms with Gasteiger partial charge in [-0.15, -0.1) is 0 Å². The second-order valence-corrected chi connectivity index (χ2v) is 4.72. The van der Waals surface area contributed by atoms with Gasteiger partial charge >= 0.3 is 0 Å². The summed E-state index contributed by atoms with van der Waals surface area (Å²) in [4.78, 5) is 0. The lowest BCUT2D eigenvalue weighted by molar-refractivity contribution is -0.0334. The minimum atomic E-state index is 0.778. The zero-order valence-corrected chi connectivity index (χ0v) is 11.0. The first kappa shape index (κ1) is 12.4. The van der Waals surface area contributed by atoms with E-state index in [0.29, 0.717) is 0 Å². The van der Waals surface area contributed by atoms with E-state index < -0.39 is 0 Å². The minimum absolute atomic E-state index is 0.778. The van der Waals surface area contributed by atoms with Gasteiger partial charge in [0.05, 0.1) is 26.4 Å². The summed E-state index contributed by atoms with van der Waals surface area (Å²) >= 11 is 0. The lowest BCUT2D eigenvalue weighted by atomic mass is 10.1. The van der Waals surface area contributed by atoms with Gasteiger partial charge in [-0.05, 0) is 28.7 Å². The molecule has 0 atom stereocenters. The number of hydrogen-bond donors (Lipinski definition) is 0. The zero-order valence-electron chi connectivity index (χ0n) is 11.0. The molecule has 1 heterocycles. The molecule has 0 radical (unpaired) electrons. The summed E-state index contributed by atoms with van der Waals surface area (Å²) in [6.45, 7) is 3.11. The molecular formula is C17H18O2. The monoisotopic (exact) mass is 254 g/mol. The van der Waals surface area contributed by atoms with Crippen LogP contribution in [0.1, 0.15) is 11.1 Å². The number of benzene rings is 2. The first-order valence-electron chi connectivity index (χ1n) is 6.77. The van der Waals surface area contributed by atoms with Crippen LogP contribution in [-0.4, -0.2) is 26.4 Å². The highest BCUT2D eigenvalue weighted by Gasteiger charge is 2.15. The third kappa shape index (κ3) is 2.86. The standard InChI is InChI=1S/C13H10.C4H8O2/c1-3-7-12-10(5-1)9-11-6-2-4-8-13(11)12;1-2-6-4-3-5-1/h1-8H,9H2;1-4H2. The quantitative estimate of drug-likeness (QED) is 0.613. The summed E-state index contributed by atoms with van der Waals surface area (Å²) in [5.41, 5.74) is 5.75. The lowest BCUT2D eigenvalue weighted by Gasteiger charge is -2.09. The van der Waals surface area contributed by atoms with Crippen molar-refractivity contribution >= 4 is 0 Å². The maximum absolute atomic E-state index is 4.94. The average molecular weight is 254 g/mol. The number of fused-ring (bicyclic) bond motifs is 3. The van der Waals surface area contributed by atoms with Crippen LogP contribution in [0.25, 0.3) is 11.1 Å². The number of rotatable bonds is 0. The van der Waals surface area contributed by atoms with E-state index in [1.807, 2.05) is 0 Å². The van der Waals surface area contributed by atoms with Gasteiger partial charge in [0.2, 0.25) is 0 Å². The molecule has 0 bridgehead atoms. The largest absolute Gasteiger partial charge is 0.377 e. The normalized spacial score (nSPS) is 16.0. The van der Waals surface area contributed by atoms with Gasteiger partial charge in [0.25, 0.3) is 0 Å². The number of hydrogen-bond acceptors (Lipinski definition) is 2. The Hall–Kier alpha value is -1.64. The van der Waals surface area contributed by atoms with Gasteiger partial charge in [-0.2, -0.15) is 0 Å². The molecule has 0 aromatic heterocycles. The molecule has 2 aromatic rings. The van der Waals surface area contributed by atoms with Crippen LogP contribution >= 0.6 is 0 Å². The summed E-state index contributed by atoms with van der Waals surface area (Å²) in [7, 11) is 0. The molecule has 2 aromatic carbocycles. The fourth-order valence-electron chi connectivity index (χ4n) is 2.52. The van der Waals surface area contributed by atoms with E-state index in [0.717, 1.165) is 32.8 Å². The van der Waals surface area contributed by atoms with Gasteiger partial charge in [0, 0.05) is 0 Å². The molecule has 2 nitrogen and oxygen atoms in total. The van der Waals surface area contributed by atoms with Gasteiger partial charge in [0.15, 0.2) is 0 Å². The van der Waals surface area contributed by atoms with Crippen molar-refractivity contribution in [3.63, 3.8) is 0 Å². The maximum Gasteiger partial charge on any atom is 0.0701 e. The summed E-state index contributed by atoms with van der Waals surface area (Å²) in [5, 5.41) is 0. The Balaban J connectivity index is 0.000000155. The highest BCUT2D eigenvalue weighted by Crippen LogP contribution is 2.35. The Kier molecular flexibility index (Phi) is 3.92. The maximum atomic E-state index is 4.94. The van der Waals surface area contributed by atoms with E-state index >= 15 is 0 Å². The molecule has 0 N–H and O–H groups in total. The molecule has 0 amide bonds. The van der Waals surface area contributed by atoms with Crippen molar-refractivity contribution in [2.45, 2.75) is 6.42 Å². The summed E-state index contributed by atoms with van der Waals surface area (Å²) < 4.78 is 9.89. The van der Waals surface area contributed by atoms with Crippen LogP contribution in [0, 0.1) is 0 Å². The molecule has 0 saturated carbocycles. The highest BCUT2D eigenvalue weighted by atomic mass is 16.6. The van der Waals surface area contributed by atoms with Crippen molar-refractivity contribution in [2.75, 3.05) is 26.4 Å². The predicted molar refractivity (Wildman–Crippen MR) is 76.3 cm³/mol. The fourth-order valence-corrected chi connectivity index (χ4v) is 2.52. The fraction of sp³-hybridized carbons (Fsp3) is 0.294. The molecule has 1 fully saturated rings. The first-order valence-corrected chi connectivity index (χ1v) is 6.77. The van der Waals surface area contributed by atoms with Gasteiger partial charge in [-0.3, -0.25) is 0 Å². The molecular weight excluding hydrogens is 236 g/mol. The van der Waals surface area contributed by atoms with Crippen LogP contribution in [-0.2, 0) is 15.9 Å². The molecule has 98 valence electrons. The molecule has 2 heteroatoms. The van der Waals surface area contributed by atoms with Gasteiger partial charge < -0.3 is 9.47 Å². The highest BCUT2D eigenvalue weighted by molar-refractivity contribution is 5.76. The van der Waals surface area contributed by atoms with Crippen molar-refractivity contribution in [3.05, 3.63) is 59.7 Å². The summed E-state index contributed by atoms with van der Waals surface area (Å²) in [6.07, 6.45) is 1.10. The molecule has 1 saturated heterocycles. The molecule has 1 aliphatic heterocycles. The Bertz CT molecular complexity index is 489. The molecule has 0 spiro atoms. The Morgan fingerprint density at radius 2 is 1.00 bits per heavy atom.